The largest absolute Gasteiger partial charge is 0.457 e. The summed E-state index contributed by atoms with van der Waals surface area (Å²) in [7, 11) is 0. The molecule has 0 bridgehead atoms. The number of hydrogen-bond donors (Lipinski definition) is 0. The van der Waals surface area contributed by atoms with E-state index in [1.54, 1.807) is 35.2 Å². The average molecular weight is 496 g/mol. The highest BCUT2D eigenvalue weighted by atomic mass is 32.2. The van der Waals surface area contributed by atoms with Crippen LogP contribution >= 0.6 is 11.8 Å². The number of aliphatic imine (C=N–C) groups is 1. The topological polar surface area (TPSA) is 89.0 Å². The quantitative estimate of drug-likeness (QED) is 0.160. The number of benzene rings is 3. The fourth-order valence-corrected chi connectivity index (χ4v) is 4.94. The first-order valence-electron chi connectivity index (χ1n) is 11.3. The number of rotatable bonds is 6. The average Bonchev–Trinajstić information content (AvgIpc) is 3.49. The molecule has 0 aliphatic carbocycles. The van der Waals surface area contributed by atoms with Gasteiger partial charge in [-0.15, -0.1) is 0 Å². The van der Waals surface area contributed by atoms with Gasteiger partial charge in [0.1, 0.15) is 11.5 Å². The number of non-ortho nitro benzene ring substituents is 1. The molecule has 4 aromatic rings. The predicted molar refractivity (Wildman–Crippen MR) is 142 cm³/mol. The number of thioether (sulfide) groups is 1. The van der Waals surface area contributed by atoms with Gasteiger partial charge in [-0.3, -0.25) is 19.8 Å². The van der Waals surface area contributed by atoms with Gasteiger partial charge in [0.05, 0.1) is 21.6 Å². The Labute approximate surface area is 211 Å². The number of nitrogens with zero attached hydrogens (tertiary/aromatic N) is 3. The number of para-hydroxylation sites is 1. The van der Waals surface area contributed by atoms with Crippen LogP contribution in [-0.2, 0) is 4.79 Å². The van der Waals surface area contributed by atoms with Crippen LogP contribution in [-0.4, -0.2) is 20.9 Å². The number of nitro groups is 1. The minimum Gasteiger partial charge on any atom is -0.457 e. The van der Waals surface area contributed by atoms with Crippen molar-refractivity contribution in [1.29, 1.82) is 0 Å². The number of amides is 1. The molecule has 36 heavy (non-hydrogen) atoms. The van der Waals surface area contributed by atoms with Crippen molar-refractivity contribution in [3.8, 4) is 11.3 Å². The van der Waals surface area contributed by atoms with Crippen LogP contribution < -0.4 is 0 Å². The van der Waals surface area contributed by atoms with Crippen molar-refractivity contribution < 1.29 is 14.1 Å². The van der Waals surface area contributed by atoms with E-state index < -0.39 is 4.92 Å². The number of furan rings is 1. The smallest absolute Gasteiger partial charge is 0.270 e. The number of nitro benzene ring substituents is 1. The first-order valence-corrected chi connectivity index (χ1v) is 12.1. The zero-order chi connectivity index (χ0) is 25.1. The molecule has 1 atom stereocenters. The molecule has 0 spiro atoms. The Bertz CT molecular complexity index is 1480. The molecule has 1 amide bonds. The van der Waals surface area contributed by atoms with Gasteiger partial charge in [-0.2, -0.15) is 0 Å². The maximum Gasteiger partial charge on any atom is 0.270 e. The van der Waals surface area contributed by atoms with Crippen molar-refractivity contribution in [1.82, 2.24) is 4.90 Å². The predicted octanol–water partition coefficient (Wildman–Crippen LogP) is 7.22. The molecule has 7 nitrogen and oxygen atoms in total. The third-order valence-electron chi connectivity index (χ3n) is 5.73. The Kier molecular flexibility index (Phi) is 6.51. The summed E-state index contributed by atoms with van der Waals surface area (Å²) in [5.74, 6) is 0.786. The third-order valence-corrected chi connectivity index (χ3v) is 6.71. The highest BCUT2D eigenvalue weighted by Crippen LogP contribution is 2.39. The summed E-state index contributed by atoms with van der Waals surface area (Å²) in [6.07, 6.45) is 1.69. The van der Waals surface area contributed by atoms with Crippen molar-refractivity contribution in [2.24, 2.45) is 4.99 Å². The number of hydrogen-bond acceptors (Lipinski definition) is 6. The minimum atomic E-state index is -0.445. The van der Waals surface area contributed by atoms with Gasteiger partial charge in [-0.1, -0.05) is 60.7 Å². The standard InChI is InChI=1S/C28H21N3O4S/c1-19(20-9-4-2-5-10-20)30-27(32)26(36-28(30)29-22-12-6-3-7-13-22)18-24-15-16-25(35-24)21-11-8-14-23(17-21)31(33)34/h2-19H,1H3/b26-18+,29-28?/t19-/m0/s1. The van der Waals surface area contributed by atoms with Crippen LogP contribution in [0.3, 0.4) is 0 Å². The summed E-state index contributed by atoms with van der Waals surface area (Å²) in [6.45, 7) is 1.98. The van der Waals surface area contributed by atoms with Crippen molar-refractivity contribution in [2.45, 2.75) is 13.0 Å². The molecule has 5 rings (SSSR count). The SMILES string of the molecule is C[C@@H](c1ccccc1)N1C(=O)/C(=C\c2ccc(-c3cccc([N+](=O)[O-])c3)o2)SC1=Nc1ccccc1. The van der Waals surface area contributed by atoms with E-state index in [0.717, 1.165) is 11.3 Å². The first-order chi connectivity index (χ1) is 17.5. The van der Waals surface area contributed by atoms with Crippen molar-refractivity contribution in [3.63, 3.8) is 0 Å². The maximum absolute atomic E-state index is 13.6. The number of carbonyl (C=O) groups excluding carboxylic acids is 1. The Hall–Kier alpha value is -4.43. The molecular formula is C28H21N3O4S. The molecule has 0 unspecified atom stereocenters. The Morgan fingerprint density at radius 1 is 0.972 bits per heavy atom. The van der Waals surface area contributed by atoms with Crippen LogP contribution in [0.5, 0.6) is 0 Å². The zero-order valence-electron chi connectivity index (χ0n) is 19.3. The molecule has 1 saturated heterocycles. The van der Waals surface area contributed by atoms with Gasteiger partial charge in [-0.25, -0.2) is 4.99 Å². The minimum absolute atomic E-state index is 0.0161. The summed E-state index contributed by atoms with van der Waals surface area (Å²) in [5, 5.41) is 11.7. The van der Waals surface area contributed by atoms with Crippen molar-refractivity contribution >= 4 is 40.3 Å². The van der Waals surface area contributed by atoms with Crippen LogP contribution in [0.15, 0.2) is 111 Å². The van der Waals surface area contributed by atoms with Gasteiger partial charge in [-0.05, 0) is 48.5 Å². The molecule has 8 heteroatoms. The van der Waals surface area contributed by atoms with Crippen molar-refractivity contribution in [2.75, 3.05) is 0 Å². The van der Waals surface area contributed by atoms with Crippen LogP contribution in [0.25, 0.3) is 17.4 Å². The van der Waals surface area contributed by atoms with Gasteiger partial charge >= 0.3 is 0 Å². The summed E-state index contributed by atoms with van der Waals surface area (Å²) in [5.41, 5.74) is 2.33. The molecule has 3 aromatic carbocycles. The zero-order valence-corrected chi connectivity index (χ0v) is 20.1. The van der Waals surface area contributed by atoms with E-state index in [1.807, 2.05) is 67.6 Å². The monoisotopic (exact) mass is 495 g/mol. The molecule has 2 heterocycles. The van der Waals surface area contributed by atoms with Crippen LogP contribution in [0.2, 0.25) is 0 Å². The molecule has 1 aliphatic heterocycles. The Morgan fingerprint density at radius 3 is 2.42 bits per heavy atom. The van der Waals surface area contributed by atoms with Crippen LogP contribution in [0.4, 0.5) is 11.4 Å². The van der Waals surface area contributed by atoms with Crippen molar-refractivity contribution in [3.05, 3.63) is 123 Å². The van der Waals surface area contributed by atoms with Crippen LogP contribution in [0.1, 0.15) is 24.3 Å². The molecule has 0 saturated carbocycles. The molecule has 1 aliphatic rings. The lowest BCUT2D eigenvalue weighted by atomic mass is 10.1. The number of amidine groups is 1. The lowest BCUT2D eigenvalue weighted by Gasteiger charge is -2.24. The molecular weight excluding hydrogens is 474 g/mol. The maximum atomic E-state index is 13.6. The van der Waals surface area contributed by atoms with Gasteiger partial charge in [0.2, 0.25) is 0 Å². The highest BCUT2D eigenvalue weighted by molar-refractivity contribution is 8.18. The van der Waals surface area contributed by atoms with Gasteiger partial charge in [0, 0.05) is 23.8 Å². The lowest BCUT2D eigenvalue weighted by molar-refractivity contribution is -0.384. The second-order valence-electron chi connectivity index (χ2n) is 8.11. The van der Waals surface area contributed by atoms with E-state index in [2.05, 4.69) is 0 Å². The van der Waals surface area contributed by atoms with E-state index in [9.17, 15) is 14.9 Å². The first kappa shape index (κ1) is 23.3. The summed E-state index contributed by atoms with van der Waals surface area (Å²) in [4.78, 5) is 31.2. The summed E-state index contributed by atoms with van der Waals surface area (Å²) >= 11 is 1.29. The highest BCUT2D eigenvalue weighted by Gasteiger charge is 2.37. The lowest BCUT2D eigenvalue weighted by Crippen LogP contribution is -2.32. The molecule has 1 aromatic heterocycles. The molecule has 1 fully saturated rings. The second kappa shape index (κ2) is 10.1. The summed E-state index contributed by atoms with van der Waals surface area (Å²) < 4.78 is 5.93. The van der Waals surface area contributed by atoms with Gasteiger partial charge in [0.15, 0.2) is 5.17 Å². The second-order valence-corrected chi connectivity index (χ2v) is 9.12. The number of carbonyl (C=O) groups is 1. The molecule has 0 radical (unpaired) electrons. The Balaban J connectivity index is 1.48. The van der Waals surface area contributed by atoms with Crippen LogP contribution in [0, 0.1) is 10.1 Å². The fraction of sp³-hybridized carbons (Fsp3) is 0.0714. The van der Waals surface area contributed by atoms with E-state index in [-0.39, 0.29) is 17.6 Å². The van der Waals surface area contributed by atoms with E-state index in [4.69, 9.17) is 9.41 Å². The van der Waals surface area contributed by atoms with E-state index in [0.29, 0.717) is 27.2 Å². The van der Waals surface area contributed by atoms with E-state index in [1.165, 1.54) is 23.9 Å². The Morgan fingerprint density at radius 2 is 1.69 bits per heavy atom. The van der Waals surface area contributed by atoms with E-state index >= 15 is 0 Å². The molecule has 178 valence electrons. The van der Waals surface area contributed by atoms with Gasteiger partial charge in [0.25, 0.3) is 11.6 Å². The normalized spacial score (nSPS) is 16.6. The third kappa shape index (κ3) is 4.85. The van der Waals surface area contributed by atoms with Gasteiger partial charge < -0.3 is 4.42 Å². The molecule has 0 N–H and O–H groups in total. The summed E-state index contributed by atoms with van der Waals surface area (Å²) in [6, 6.07) is 28.8. The fourth-order valence-electron chi connectivity index (χ4n) is 3.89.